The quantitative estimate of drug-likeness (QED) is 0.555. The zero-order valence-electron chi connectivity index (χ0n) is 14.2. The molecule has 0 saturated carbocycles. The largest absolute Gasteiger partial charge is 0.401 e. The number of hydrogen-bond acceptors (Lipinski definition) is 3. The molecule has 1 aromatic rings. The lowest BCUT2D eigenvalue weighted by atomic mass is 10.2. The highest BCUT2D eigenvalue weighted by atomic mass is 19.4. The average Bonchev–Trinajstić information content (AvgIpc) is 2.48. The van der Waals surface area contributed by atoms with E-state index < -0.39 is 12.7 Å². The molecular weight excluding hydrogens is 335 g/mol. The first kappa shape index (κ1) is 20.7. The van der Waals surface area contributed by atoms with Crippen molar-refractivity contribution in [3.8, 4) is 0 Å². The van der Waals surface area contributed by atoms with Crippen LogP contribution >= 0.6 is 0 Å². The van der Waals surface area contributed by atoms with Gasteiger partial charge in [0.15, 0.2) is 0 Å². The van der Waals surface area contributed by atoms with Crippen LogP contribution in [0.5, 0.6) is 0 Å². The van der Waals surface area contributed by atoms with Crippen molar-refractivity contribution in [2.45, 2.75) is 19.5 Å². The van der Waals surface area contributed by atoms with E-state index in [1.54, 1.807) is 30.3 Å². The molecule has 0 radical (unpaired) electrons. The van der Waals surface area contributed by atoms with Crippen molar-refractivity contribution in [2.24, 2.45) is 0 Å². The number of alkyl halides is 3. The summed E-state index contributed by atoms with van der Waals surface area (Å²) in [6.45, 7) is 0.995. The number of halogens is 3. The van der Waals surface area contributed by atoms with Gasteiger partial charge in [-0.1, -0.05) is 12.1 Å². The molecule has 0 unspecified atom stereocenters. The Morgan fingerprint density at radius 3 is 2.40 bits per heavy atom. The van der Waals surface area contributed by atoms with E-state index in [0.717, 1.165) is 5.56 Å². The summed E-state index contributed by atoms with van der Waals surface area (Å²) < 4.78 is 36.5. The second-order valence-electron chi connectivity index (χ2n) is 5.63. The first-order chi connectivity index (χ1) is 11.7. The lowest BCUT2D eigenvalue weighted by molar-refractivity contribution is -0.143. The molecule has 0 heterocycles. The molecule has 138 valence electrons. The summed E-state index contributed by atoms with van der Waals surface area (Å²) in [4.78, 5) is 23.7. The summed E-state index contributed by atoms with van der Waals surface area (Å²) in [6, 6.07) is 6.94. The van der Waals surface area contributed by atoms with Crippen LogP contribution in [0.2, 0.25) is 0 Å². The van der Waals surface area contributed by atoms with E-state index in [1.165, 1.54) is 24.9 Å². The minimum Gasteiger partial charge on any atom is -0.353 e. The van der Waals surface area contributed by atoms with Crippen LogP contribution in [0.4, 0.5) is 18.9 Å². The van der Waals surface area contributed by atoms with Gasteiger partial charge in [0, 0.05) is 25.2 Å². The fourth-order valence-electron chi connectivity index (χ4n) is 2.06. The molecule has 0 spiro atoms. The molecule has 8 heteroatoms. The maximum Gasteiger partial charge on any atom is 0.401 e. The van der Waals surface area contributed by atoms with Crippen molar-refractivity contribution >= 4 is 23.6 Å². The van der Waals surface area contributed by atoms with Gasteiger partial charge >= 0.3 is 6.18 Å². The maximum atomic E-state index is 12.2. The minimum absolute atomic E-state index is 0.163. The predicted octanol–water partition coefficient (Wildman–Crippen LogP) is 2.66. The van der Waals surface area contributed by atoms with Crippen molar-refractivity contribution in [1.29, 1.82) is 0 Å². The van der Waals surface area contributed by atoms with Crippen molar-refractivity contribution in [3.05, 3.63) is 35.9 Å². The Morgan fingerprint density at radius 2 is 1.84 bits per heavy atom. The summed E-state index contributed by atoms with van der Waals surface area (Å²) in [6.07, 6.45) is -0.816. The number of rotatable bonds is 8. The number of benzene rings is 1. The molecule has 2 N–H and O–H groups in total. The third kappa shape index (κ3) is 10.2. The molecule has 25 heavy (non-hydrogen) atoms. The first-order valence-corrected chi connectivity index (χ1v) is 7.74. The van der Waals surface area contributed by atoms with Gasteiger partial charge in [0.25, 0.3) is 0 Å². The first-order valence-electron chi connectivity index (χ1n) is 7.74. The molecule has 0 bridgehead atoms. The second-order valence-corrected chi connectivity index (χ2v) is 5.63. The summed E-state index contributed by atoms with van der Waals surface area (Å²) >= 11 is 0. The van der Waals surface area contributed by atoms with E-state index in [9.17, 15) is 22.8 Å². The van der Waals surface area contributed by atoms with E-state index in [4.69, 9.17) is 0 Å². The van der Waals surface area contributed by atoms with Crippen LogP contribution < -0.4 is 10.6 Å². The van der Waals surface area contributed by atoms with Gasteiger partial charge in [-0.2, -0.15) is 13.2 Å². The van der Waals surface area contributed by atoms with Gasteiger partial charge in [0.2, 0.25) is 11.8 Å². The van der Waals surface area contributed by atoms with Gasteiger partial charge in [-0.3, -0.25) is 14.5 Å². The molecule has 0 fully saturated rings. The Kier molecular flexibility index (Phi) is 8.13. The highest BCUT2D eigenvalue weighted by molar-refractivity contribution is 5.92. The monoisotopic (exact) mass is 357 g/mol. The van der Waals surface area contributed by atoms with Gasteiger partial charge in [0.05, 0.1) is 6.54 Å². The molecule has 2 amide bonds. The fourth-order valence-corrected chi connectivity index (χ4v) is 2.06. The Labute approximate surface area is 144 Å². The number of anilines is 1. The van der Waals surface area contributed by atoms with Crippen LogP contribution in [0.25, 0.3) is 6.08 Å². The van der Waals surface area contributed by atoms with Crippen LogP contribution in [0.1, 0.15) is 18.9 Å². The van der Waals surface area contributed by atoms with E-state index in [2.05, 4.69) is 10.6 Å². The van der Waals surface area contributed by atoms with E-state index in [0.29, 0.717) is 18.7 Å². The summed E-state index contributed by atoms with van der Waals surface area (Å²) in [7, 11) is 1.39. The summed E-state index contributed by atoms with van der Waals surface area (Å²) in [5, 5.41) is 5.26. The van der Waals surface area contributed by atoms with Gasteiger partial charge in [-0.05, 0) is 43.8 Å². The lowest BCUT2D eigenvalue weighted by Gasteiger charge is -2.18. The molecular formula is C17H22F3N3O2. The van der Waals surface area contributed by atoms with E-state index in [-0.39, 0.29) is 18.4 Å². The standard InChI is InChI=1S/C17H22F3N3O2/c1-13(24)22-15-7-4-14(5-8-15)6-9-16(25)21-10-3-11-23(2)12-17(18,19)20/h4-9H,3,10-12H2,1-2H3,(H,21,25)(H,22,24). The predicted molar refractivity (Wildman–Crippen MR) is 91.0 cm³/mol. The Morgan fingerprint density at radius 1 is 1.20 bits per heavy atom. The van der Waals surface area contributed by atoms with Gasteiger partial charge < -0.3 is 10.6 Å². The Balaban J connectivity index is 2.29. The van der Waals surface area contributed by atoms with Crippen molar-refractivity contribution in [1.82, 2.24) is 10.2 Å². The van der Waals surface area contributed by atoms with E-state index >= 15 is 0 Å². The topological polar surface area (TPSA) is 61.4 Å². The lowest BCUT2D eigenvalue weighted by Crippen LogP contribution is -2.33. The number of nitrogens with one attached hydrogen (secondary N) is 2. The Hall–Kier alpha value is -2.35. The van der Waals surface area contributed by atoms with Crippen molar-refractivity contribution in [2.75, 3.05) is 32.0 Å². The van der Waals surface area contributed by atoms with Crippen LogP contribution in [0, 0.1) is 0 Å². The maximum absolute atomic E-state index is 12.2. The van der Waals surface area contributed by atoms with Gasteiger partial charge in [-0.25, -0.2) is 0 Å². The molecule has 0 aliphatic heterocycles. The number of nitrogens with zero attached hydrogens (tertiary/aromatic N) is 1. The molecule has 0 atom stereocenters. The Bertz CT molecular complexity index is 598. The molecule has 0 aromatic heterocycles. The zero-order valence-corrected chi connectivity index (χ0v) is 14.2. The molecule has 0 saturated heterocycles. The minimum atomic E-state index is -4.21. The van der Waals surface area contributed by atoms with Crippen molar-refractivity contribution < 1.29 is 22.8 Å². The molecule has 1 rings (SSSR count). The number of hydrogen-bond donors (Lipinski definition) is 2. The molecule has 0 aliphatic carbocycles. The SMILES string of the molecule is CC(=O)Nc1ccc(C=CC(=O)NCCCN(C)CC(F)(F)F)cc1. The van der Waals surface area contributed by atoms with Crippen LogP contribution in [-0.4, -0.2) is 49.6 Å². The third-order valence-electron chi connectivity index (χ3n) is 3.12. The van der Waals surface area contributed by atoms with Crippen LogP contribution in [-0.2, 0) is 9.59 Å². The second kappa shape index (κ2) is 9.83. The van der Waals surface area contributed by atoms with Crippen molar-refractivity contribution in [3.63, 3.8) is 0 Å². The number of amides is 2. The van der Waals surface area contributed by atoms with Crippen LogP contribution in [0.3, 0.4) is 0 Å². The zero-order chi connectivity index (χ0) is 18.9. The molecule has 1 aromatic carbocycles. The van der Waals surface area contributed by atoms with Crippen LogP contribution in [0.15, 0.2) is 30.3 Å². The molecule has 0 aliphatic rings. The summed E-state index contributed by atoms with van der Waals surface area (Å²) in [5.41, 5.74) is 1.45. The number of carbonyl (C=O) groups is 2. The van der Waals surface area contributed by atoms with E-state index in [1.807, 2.05) is 0 Å². The van der Waals surface area contributed by atoms with Gasteiger partial charge in [0.1, 0.15) is 0 Å². The average molecular weight is 357 g/mol. The third-order valence-corrected chi connectivity index (χ3v) is 3.12. The van der Waals surface area contributed by atoms with Gasteiger partial charge in [-0.15, -0.1) is 0 Å². The fraction of sp³-hybridized carbons (Fsp3) is 0.412. The molecule has 5 nitrogen and oxygen atoms in total. The highest BCUT2D eigenvalue weighted by Gasteiger charge is 2.28. The normalized spacial score (nSPS) is 11.8. The summed E-state index contributed by atoms with van der Waals surface area (Å²) in [5.74, 6) is -0.479. The smallest absolute Gasteiger partial charge is 0.353 e. The number of carbonyl (C=O) groups excluding carboxylic acids is 2. The highest BCUT2D eigenvalue weighted by Crippen LogP contribution is 2.15.